The minimum atomic E-state index is 0.0882. The van der Waals surface area contributed by atoms with Crippen molar-refractivity contribution < 1.29 is 4.74 Å². The minimum absolute atomic E-state index is 0.0882. The fraction of sp³-hybridized carbons (Fsp3) is 0.545. The quantitative estimate of drug-likeness (QED) is 0.309. The van der Waals surface area contributed by atoms with Gasteiger partial charge in [-0.15, -0.1) is 0 Å². The van der Waals surface area contributed by atoms with Crippen molar-refractivity contribution in [2.24, 2.45) is 4.99 Å². The largest absolute Gasteiger partial charge is 0.367 e. The number of rotatable bonds is 3. The van der Waals surface area contributed by atoms with Crippen LogP contribution in [0.15, 0.2) is 17.5 Å². The Hall–Kier alpha value is -2.07. The van der Waals surface area contributed by atoms with Crippen molar-refractivity contribution in [1.29, 1.82) is 5.26 Å². The Kier molecular flexibility index (Phi) is 4.15. The number of hydrogen-bond acceptors (Lipinski definition) is 4. The number of nitriles is 1. The molecule has 0 amide bonds. The normalized spacial score (nSPS) is 23.7. The summed E-state index contributed by atoms with van der Waals surface area (Å²) in [5, 5.41) is 14.0. The molecule has 7 nitrogen and oxygen atoms in total. The van der Waals surface area contributed by atoms with Gasteiger partial charge in [-0.05, 0) is 12.8 Å². The fourth-order valence-corrected chi connectivity index (χ4v) is 1.97. The van der Waals surface area contributed by atoms with Crippen LogP contribution in [0.3, 0.4) is 0 Å². The summed E-state index contributed by atoms with van der Waals surface area (Å²) in [5.74, 6) is 0.464. The number of nitrogens with one attached hydrogen (secondary N) is 3. The zero-order chi connectivity index (χ0) is 12.8. The third-order valence-corrected chi connectivity index (χ3v) is 2.87. The zero-order valence-electron chi connectivity index (χ0n) is 10.2. The van der Waals surface area contributed by atoms with Crippen molar-refractivity contribution in [2.45, 2.75) is 25.0 Å². The van der Waals surface area contributed by atoms with Crippen LogP contribution in [0.25, 0.3) is 0 Å². The maximum absolute atomic E-state index is 8.50. The van der Waals surface area contributed by atoms with Crippen LogP contribution < -0.4 is 10.6 Å². The van der Waals surface area contributed by atoms with E-state index in [-0.39, 0.29) is 12.2 Å². The average Bonchev–Trinajstić information content (AvgIpc) is 3.04. The number of aliphatic imine (C=N–C) groups is 1. The van der Waals surface area contributed by atoms with Crippen molar-refractivity contribution in [2.75, 3.05) is 13.6 Å². The van der Waals surface area contributed by atoms with E-state index < -0.39 is 0 Å². The van der Waals surface area contributed by atoms with Crippen LogP contribution in [-0.2, 0) is 4.74 Å². The molecule has 0 spiro atoms. The molecule has 1 aromatic heterocycles. The van der Waals surface area contributed by atoms with Gasteiger partial charge in [0.25, 0.3) is 0 Å². The third kappa shape index (κ3) is 2.99. The molecular weight excluding hydrogens is 232 g/mol. The van der Waals surface area contributed by atoms with Gasteiger partial charge in [-0.1, -0.05) is 0 Å². The number of nitrogens with zero attached hydrogens (tertiary/aromatic N) is 3. The molecule has 1 saturated heterocycles. The highest BCUT2D eigenvalue weighted by Gasteiger charge is 2.27. The van der Waals surface area contributed by atoms with E-state index in [9.17, 15) is 0 Å². The van der Waals surface area contributed by atoms with Crippen LogP contribution in [-0.4, -0.2) is 35.6 Å². The van der Waals surface area contributed by atoms with Gasteiger partial charge in [-0.2, -0.15) is 5.26 Å². The Bertz CT molecular complexity index is 435. The standard InChI is InChI=1S/C11H16N6O/c1-13-11(16-6-12)15-4-8-2-3-10(18-8)9-5-14-7-17-9/h5,7-8,10H,2-4H2,1H3,(H,14,17)(H2,13,15,16)/t8-,10+/m0/s1. The Morgan fingerprint density at radius 1 is 1.72 bits per heavy atom. The van der Waals surface area contributed by atoms with Gasteiger partial charge in [-0.25, -0.2) is 4.98 Å². The lowest BCUT2D eigenvalue weighted by Crippen LogP contribution is -2.38. The first-order valence-corrected chi connectivity index (χ1v) is 5.83. The van der Waals surface area contributed by atoms with Crippen molar-refractivity contribution in [3.8, 4) is 6.19 Å². The molecule has 7 heteroatoms. The molecule has 0 radical (unpaired) electrons. The smallest absolute Gasteiger partial charge is 0.204 e. The van der Waals surface area contributed by atoms with Gasteiger partial charge in [0.15, 0.2) is 6.19 Å². The lowest BCUT2D eigenvalue weighted by molar-refractivity contribution is 0.0452. The molecule has 0 aromatic carbocycles. The van der Waals surface area contributed by atoms with Gasteiger partial charge in [0.05, 0.1) is 30.4 Å². The number of H-pyrrole nitrogens is 1. The lowest BCUT2D eigenvalue weighted by atomic mass is 10.1. The molecule has 2 rings (SSSR count). The number of aromatic amines is 1. The molecular formula is C11H16N6O. The molecule has 0 bridgehead atoms. The van der Waals surface area contributed by atoms with Crippen LogP contribution in [0.2, 0.25) is 0 Å². The van der Waals surface area contributed by atoms with Crippen LogP contribution in [0.5, 0.6) is 0 Å². The van der Waals surface area contributed by atoms with Crippen molar-refractivity contribution in [1.82, 2.24) is 20.6 Å². The zero-order valence-corrected chi connectivity index (χ0v) is 10.2. The second-order valence-corrected chi connectivity index (χ2v) is 4.02. The van der Waals surface area contributed by atoms with Crippen molar-refractivity contribution in [3.63, 3.8) is 0 Å². The summed E-state index contributed by atoms with van der Waals surface area (Å²) in [7, 11) is 1.62. The topological polar surface area (TPSA) is 98.1 Å². The predicted molar refractivity (Wildman–Crippen MR) is 65.5 cm³/mol. The molecule has 1 aromatic rings. The molecule has 3 N–H and O–H groups in total. The number of guanidine groups is 1. The van der Waals surface area contributed by atoms with Gasteiger partial charge >= 0.3 is 0 Å². The molecule has 96 valence electrons. The van der Waals surface area contributed by atoms with E-state index in [0.717, 1.165) is 18.5 Å². The summed E-state index contributed by atoms with van der Waals surface area (Å²) in [5.41, 5.74) is 1.01. The number of ether oxygens (including phenoxy) is 1. The fourth-order valence-electron chi connectivity index (χ4n) is 1.97. The summed E-state index contributed by atoms with van der Waals surface area (Å²) in [4.78, 5) is 11.0. The maximum Gasteiger partial charge on any atom is 0.204 e. The highest BCUT2D eigenvalue weighted by atomic mass is 16.5. The van der Waals surface area contributed by atoms with Crippen molar-refractivity contribution >= 4 is 5.96 Å². The Labute approximate surface area is 105 Å². The van der Waals surface area contributed by atoms with E-state index in [4.69, 9.17) is 10.00 Å². The summed E-state index contributed by atoms with van der Waals surface area (Å²) >= 11 is 0. The Balaban J connectivity index is 1.78. The molecule has 1 fully saturated rings. The summed E-state index contributed by atoms with van der Waals surface area (Å²) < 4.78 is 5.88. The van der Waals surface area contributed by atoms with Crippen LogP contribution in [0.1, 0.15) is 24.6 Å². The predicted octanol–water partition coefficient (Wildman–Crippen LogP) is 0.276. The first-order valence-electron chi connectivity index (χ1n) is 5.83. The molecule has 0 unspecified atom stereocenters. The van der Waals surface area contributed by atoms with E-state index in [0.29, 0.717) is 12.5 Å². The molecule has 0 saturated carbocycles. The number of imidazole rings is 1. The highest BCUT2D eigenvalue weighted by Crippen LogP contribution is 2.30. The monoisotopic (exact) mass is 248 g/mol. The number of aromatic nitrogens is 2. The molecule has 2 heterocycles. The van der Waals surface area contributed by atoms with Crippen LogP contribution >= 0.6 is 0 Å². The average molecular weight is 248 g/mol. The van der Waals surface area contributed by atoms with Crippen molar-refractivity contribution in [3.05, 3.63) is 18.2 Å². The van der Waals surface area contributed by atoms with Gasteiger partial charge in [0.1, 0.15) is 0 Å². The maximum atomic E-state index is 8.50. The van der Waals surface area contributed by atoms with Crippen LogP contribution in [0, 0.1) is 11.5 Å². The van der Waals surface area contributed by atoms with E-state index in [1.54, 1.807) is 19.6 Å². The van der Waals surface area contributed by atoms with Crippen LogP contribution in [0.4, 0.5) is 0 Å². The SMILES string of the molecule is CN=C(NC#N)NC[C@@H]1CC[C@H](c2cnc[nH]2)O1. The Morgan fingerprint density at radius 2 is 2.61 bits per heavy atom. The molecule has 1 aliphatic heterocycles. The van der Waals surface area contributed by atoms with Gasteiger partial charge in [-0.3, -0.25) is 10.3 Å². The minimum Gasteiger partial charge on any atom is -0.367 e. The van der Waals surface area contributed by atoms with E-state index >= 15 is 0 Å². The van der Waals surface area contributed by atoms with Gasteiger partial charge in [0, 0.05) is 13.6 Å². The molecule has 1 aliphatic rings. The van der Waals surface area contributed by atoms with E-state index in [2.05, 4.69) is 25.6 Å². The molecule has 2 atom stereocenters. The first-order chi connectivity index (χ1) is 8.83. The first kappa shape index (κ1) is 12.4. The van der Waals surface area contributed by atoms with Gasteiger partial charge < -0.3 is 15.0 Å². The summed E-state index contributed by atoms with van der Waals surface area (Å²) in [6, 6.07) is 0. The van der Waals surface area contributed by atoms with Gasteiger partial charge in [0.2, 0.25) is 5.96 Å². The molecule has 18 heavy (non-hydrogen) atoms. The highest BCUT2D eigenvalue weighted by molar-refractivity contribution is 5.80. The summed E-state index contributed by atoms with van der Waals surface area (Å²) in [6.07, 6.45) is 7.42. The Morgan fingerprint density at radius 3 is 3.28 bits per heavy atom. The lowest BCUT2D eigenvalue weighted by Gasteiger charge is -2.14. The second-order valence-electron chi connectivity index (χ2n) is 4.02. The van der Waals surface area contributed by atoms with E-state index in [1.165, 1.54) is 0 Å². The molecule has 0 aliphatic carbocycles. The third-order valence-electron chi connectivity index (χ3n) is 2.87. The van der Waals surface area contributed by atoms with E-state index in [1.807, 2.05) is 6.19 Å². The number of hydrogen-bond donors (Lipinski definition) is 3. The second kappa shape index (κ2) is 6.02. The summed E-state index contributed by atoms with van der Waals surface area (Å²) in [6.45, 7) is 0.631.